The van der Waals surface area contributed by atoms with Gasteiger partial charge in [-0.15, -0.1) is 4.36 Å². The molecule has 5 N–H and O–H groups in total. The summed E-state index contributed by atoms with van der Waals surface area (Å²) in [4.78, 5) is 15.5. The van der Waals surface area contributed by atoms with Crippen LogP contribution in [0.1, 0.15) is 45.8 Å². The summed E-state index contributed by atoms with van der Waals surface area (Å²) in [5.41, 5.74) is 8.59. The maximum atomic E-state index is 15.0. The lowest BCUT2D eigenvalue weighted by Gasteiger charge is -2.16. The number of nitrogens with two attached hydrogens (primary N) is 2. The number of primary amides is 1. The largest absolute Gasteiger partial charge is 0.366 e. The fourth-order valence-corrected chi connectivity index (χ4v) is 3.78. The number of hydrogen-bond donors (Lipinski definition) is 3. The van der Waals surface area contributed by atoms with Crippen molar-refractivity contribution in [2.45, 2.75) is 25.2 Å². The molecule has 0 unspecified atom stereocenters. The molecule has 1 aromatic heterocycles. The molecule has 0 spiro atoms. The molecular formula is C23H21F4N5O3S. The normalized spacial score (nSPS) is 12.4. The van der Waals surface area contributed by atoms with Crippen molar-refractivity contribution >= 4 is 33.6 Å². The van der Waals surface area contributed by atoms with Crippen molar-refractivity contribution in [1.29, 1.82) is 0 Å². The highest BCUT2D eigenvalue weighted by Crippen LogP contribution is 2.41. The quantitative estimate of drug-likeness (QED) is 0.396. The van der Waals surface area contributed by atoms with Crippen LogP contribution in [0.4, 0.5) is 34.8 Å². The number of carbonyl (C=O) groups excluding carboxylic acids is 1. The highest BCUT2D eigenvalue weighted by Gasteiger charge is 2.26. The molecular weight excluding hydrogens is 502 g/mol. The van der Waals surface area contributed by atoms with E-state index in [0.29, 0.717) is 0 Å². The maximum absolute atomic E-state index is 15.0. The Hall–Kier alpha value is -3.84. The molecule has 0 aliphatic heterocycles. The van der Waals surface area contributed by atoms with Crippen LogP contribution in [0, 0.1) is 23.3 Å². The van der Waals surface area contributed by atoms with Gasteiger partial charge in [0.1, 0.15) is 5.82 Å². The zero-order valence-corrected chi connectivity index (χ0v) is 19.7. The highest BCUT2D eigenvalue weighted by atomic mass is 32.2. The summed E-state index contributed by atoms with van der Waals surface area (Å²) in [5, 5.41) is 2.39. The first-order valence-corrected chi connectivity index (χ1v) is 11.6. The minimum Gasteiger partial charge on any atom is -0.366 e. The van der Waals surface area contributed by atoms with E-state index in [1.54, 1.807) is 6.07 Å². The molecule has 1 aliphatic rings. The second-order valence-electron chi connectivity index (χ2n) is 7.68. The number of anilines is 2. The highest BCUT2D eigenvalue weighted by molar-refractivity contribution is 7.61. The lowest BCUT2D eigenvalue weighted by atomic mass is 9.99. The Balaban J connectivity index is 0.00000176. The summed E-state index contributed by atoms with van der Waals surface area (Å²) >= 11 is 0. The van der Waals surface area contributed by atoms with Crippen LogP contribution < -0.4 is 16.8 Å². The molecule has 1 heterocycles. The molecule has 36 heavy (non-hydrogen) atoms. The molecule has 3 aromatic rings. The van der Waals surface area contributed by atoms with Crippen LogP contribution in [-0.4, -0.2) is 26.4 Å². The molecule has 4 rings (SSSR count). The van der Waals surface area contributed by atoms with E-state index in [-0.39, 0.29) is 17.2 Å². The zero-order valence-electron chi connectivity index (χ0n) is 18.9. The summed E-state index contributed by atoms with van der Waals surface area (Å²) in [6.07, 6.45) is 2.36. The van der Waals surface area contributed by atoms with Gasteiger partial charge in [0.15, 0.2) is 17.5 Å². The number of carbonyl (C=O) groups is 1. The number of halogens is 4. The third-order valence-electron chi connectivity index (χ3n) is 5.34. The standard InChI is InChI=1S/C22H16F4N4O3S.CH5N/c23-15-9-11(10-1-2-10)3-4-16(15)29-20-14(21(27)31)8-13(17(24)19(20)26)7-12-5-6-28-22(18(12)25)30-34(32)33;1-2/h3-6,8-10,29H,1-2,7H2,(H2,27,31);2H2,1H3. The predicted molar refractivity (Wildman–Crippen MR) is 125 cm³/mol. The van der Waals surface area contributed by atoms with Gasteiger partial charge in [-0.3, -0.25) is 4.79 Å². The molecule has 1 aliphatic carbocycles. The van der Waals surface area contributed by atoms with Crippen LogP contribution in [0.3, 0.4) is 0 Å². The van der Waals surface area contributed by atoms with E-state index in [4.69, 9.17) is 5.73 Å². The fourth-order valence-electron chi connectivity index (χ4n) is 3.51. The van der Waals surface area contributed by atoms with Crippen LogP contribution in [-0.2, 0) is 16.9 Å². The van der Waals surface area contributed by atoms with E-state index in [0.717, 1.165) is 36.7 Å². The van der Waals surface area contributed by atoms with Crippen LogP contribution in [0.15, 0.2) is 40.9 Å². The van der Waals surface area contributed by atoms with E-state index < -0.39 is 68.7 Å². The molecule has 8 nitrogen and oxygen atoms in total. The van der Waals surface area contributed by atoms with Gasteiger partial charge in [0.2, 0.25) is 5.82 Å². The molecule has 1 saturated carbocycles. The summed E-state index contributed by atoms with van der Waals surface area (Å²) in [6, 6.07) is 6.33. The molecule has 13 heteroatoms. The van der Waals surface area contributed by atoms with Crippen molar-refractivity contribution < 1.29 is 30.8 Å². The number of nitrogens with one attached hydrogen (secondary N) is 1. The van der Waals surface area contributed by atoms with Gasteiger partial charge in [0, 0.05) is 12.6 Å². The van der Waals surface area contributed by atoms with Crippen LogP contribution >= 0.6 is 0 Å². The smallest absolute Gasteiger partial charge is 0.318 e. The summed E-state index contributed by atoms with van der Waals surface area (Å²) in [5.74, 6) is -6.44. The van der Waals surface area contributed by atoms with Crippen molar-refractivity contribution in [3.8, 4) is 0 Å². The predicted octanol–water partition coefficient (Wildman–Crippen LogP) is 4.22. The number of nitrogens with zero attached hydrogens (tertiary/aromatic N) is 2. The first kappa shape index (κ1) is 26.8. The summed E-state index contributed by atoms with van der Waals surface area (Å²) in [6.45, 7) is 0. The third kappa shape index (κ3) is 5.86. The molecule has 0 atom stereocenters. The van der Waals surface area contributed by atoms with Crippen molar-refractivity contribution in [3.63, 3.8) is 0 Å². The Morgan fingerprint density at radius 1 is 1.06 bits per heavy atom. The first-order valence-electron chi connectivity index (χ1n) is 10.5. The van der Waals surface area contributed by atoms with Crippen LogP contribution in [0.5, 0.6) is 0 Å². The Kier molecular flexibility index (Phi) is 8.37. The molecule has 0 bridgehead atoms. The van der Waals surface area contributed by atoms with Gasteiger partial charge < -0.3 is 16.8 Å². The van der Waals surface area contributed by atoms with Gasteiger partial charge in [-0.1, -0.05) is 6.07 Å². The van der Waals surface area contributed by atoms with Gasteiger partial charge in [0.05, 0.1) is 16.9 Å². The fraction of sp³-hybridized carbons (Fsp3) is 0.217. The maximum Gasteiger partial charge on any atom is 0.318 e. The number of aromatic nitrogens is 1. The lowest BCUT2D eigenvalue weighted by Crippen LogP contribution is -2.17. The zero-order chi connectivity index (χ0) is 26.6. The third-order valence-corrected chi connectivity index (χ3v) is 5.66. The van der Waals surface area contributed by atoms with E-state index >= 15 is 0 Å². The Morgan fingerprint density at radius 2 is 1.75 bits per heavy atom. The monoisotopic (exact) mass is 523 g/mol. The average Bonchev–Trinajstić information content (AvgIpc) is 3.68. The van der Waals surface area contributed by atoms with Gasteiger partial charge in [-0.25, -0.2) is 22.5 Å². The van der Waals surface area contributed by atoms with E-state index in [9.17, 15) is 30.8 Å². The summed E-state index contributed by atoms with van der Waals surface area (Å²) in [7, 11) is -1.49. The van der Waals surface area contributed by atoms with Gasteiger partial charge in [0.25, 0.3) is 5.91 Å². The van der Waals surface area contributed by atoms with Gasteiger partial charge in [-0.2, -0.15) is 8.42 Å². The molecule has 190 valence electrons. The Morgan fingerprint density at radius 3 is 2.33 bits per heavy atom. The van der Waals surface area contributed by atoms with Crippen LogP contribution in [0.25, 0.3) is 0 Å². The number of amides is 1. The van der Waals surface area contributed by atoms with E-state index in [2.05, 4.69) is 20.4 Å². The number of hydrogen-bond acceptors (Lipinski definition) is 7. The second kappa shape index (κ2) is 11.3. The summed E-state index contributed by atoms with van der Waals surface area (Å²) < 4.78 is 83.3. The van der Waals surface area contributed by atoms with Crippen molar-refractivity contribution in [1.82, 2.24) is 4.98 Å². The molecule has 0 saturated heterocycles. The topological polar surface area (TPSA) is 141 Å². The minimum atomic E-state index is -2.99. The number of pyridine rings is 1. The molecule has 0 radical (unpaired) electrons. The van der Waals surface area contributed by atoms with Crippen molar-refractivity contribution in [2.24, 2.45) is 15.8 Å². The van der Waals surface area contributed by atoms with Crippen molar-refractivity contribution in [3.05, 3.63) is 82.1 Å². The van der Waals surface area contributed by atoms with E-state index in [1.165, 1.54) is 19.2 Å². The van der Waals surface area contributed by atoms with Gasteiger partial charge in [-0.05, 0) is 66.8 Å². The van der Waals surface area contributed by atoms with Crippen molar-refractivity contribution in [2.75, 3.05) is 12.4 Å². The lowest BCUT2D eigenvalue weighted by molar-refractivity contribution is 0.100. The molecule has 1 amide bonds. The Labute approximate surface area is 205 Å². The van der Waals surface area contributed by atoms with E-state index in [1.807, 2.05) is 0 Å². The van der Waals surface area contributed by atoms with Gasteiger partial charge >= 0.3 is 10.5 Å². The molecule has 1 fully saturated rings. The molecule has 2 aromatic carbocycles. The average molecular weight is 524 g/mol. The second-order valence-corrected chi connectivity index (χ2v) is 8.30. The van der Waals surface area contributed by atoms with Crippen LogP contribution in [0.2, 0.25) is 0 Å². The Bertz CT molecular complexity index is 1450. The SMILES string of the molecule is CN.NC(=O)c1cc(Cc2ccnc(N=S(=O)=O)c2F)c(F)c(F)c1Nc1ccc(C2CC2)cc1F. The number of benzene rings is 2. The minimum absolute atomic E-state index is 0.185. The number of rotatable bonds is 7. The first-order chi connectivity index (χ1) is 17.2.